The summed E-state index contributed by atoms with van der Waals surface area (Å²) in [6.07, 6.45) is 3.76. The molecule has 82 valence electrons. The van der Waals surface area contributed by atoms with Gasteiger partial charge in [0.2, 0.25) is 0 Å². The fraction of sp³-hybridized carbons (Fsp3) is 0.400. The van der Waals surface area contributed by atoms with Crippen LogP contribution in [-0.2, 0) is 9.53 Å². The van der Waals surface area contributed by atoms with E-state index in [1.54, 1.807) is 19.3 Å². The Hall–Kier alpha value is -1.10. The monoisotopic (exact) mass is 272 g/mol. The molecule has 1 heterocycles. The van der Waals surface area contributed by atoms with Crippen molar-refractivity contribution in [1.29, 1.82) is 0 Å². The van der Waals surface area contributed by atoms with Gasteiger partial charge >= 0.3 is 5.97 Å². The van der Waals surface area contributed by atoms with E-state index in [4.69, 9.17) is 4.74 Å². The predicted octanol–water partition coefficient (Wildman–Crippen LogP) is 2.21. The fourth-order valence-electron chi connectivity index (χ4n) is 1.05. The molecule has 0 aromatic carbocycles. The molecule has 0 saturated carbocycles. The first-order valence-corrected chi connectivity index (χ1v) is 5.52. The number of hydrogen-bond acceptors (Lipinski definition) is 4. The summed E-state index contributed by atoms with van der Waals surface area (Å²) in [5.74, 6) is -0.185. The number of ether oxygens (including phenoxy) is 1. The van der Waals surface area contributed by atoms with Crippen molar-refractivity contribution in [3.63, 3.8) is 0 Å². The standard InChI is InChI=1S/C10H13BrN2O2/c1-2-15-10(14)4-6-13-9-3-5-12-7-8(9)11/h3,5,7H,2,4,6H2,1H3,(H,12,13). The second kappa shape index (κ2) is 6.40. The van der Waals surface area contributed by atoms with Gasteiger partial charge in [0, 0.05) is 18.9 Å². The highest BCUT2D eigenvalue weighted by atomic mass is 79.9. The predicted molar refractivity (Wildman–Crippen MR) is 61.7 cm³/mol. The molecule has 0 radical (unpaired) electrons. The van der Waals surface area contributed by atoms with Gasteiger partial charge in [0.1, 0.15) is 0 Å². The Morgan fingerprint density at radius 3 is 3.13 bits per heavy atom. The maximum atomic E-state index is 11.0. The van der Waals surface area contributed by atoms with E-state index >= 15 is 0 Å². The molecule has 0 atom stereocenters. The van der Waals surface area contributed by atoms with Crippen LogP contribution in [0.4, 0.5) is 5.69 Å². The molecule has 5 heteroatoms. The average molecular weight is 273 g/mol. The van der Waals surface area contributed by atoms with Crippen LogP contribution in [-0.4, -0.2) is 24.1 Å². The number of pyridine rings is 1. The van der Waals surface area contributed by atoms with Crippen molar-refractivity contribution in [3.8, 4) is 0 Å². The number of carbonyl (C=O) groups is 1. The summed E-state index contributed by atoms with van der Waals surface area (Å²) in [6.45, 7) is 2.78. The van der Waals surface area contributed by atoms with Gasteiger partial charge in [-0.25, -0.2) is 0 Å². The quantitative estimate of drug-likeness (QED) is 0.836. The first kappa shape index (κ1) is 12.0. The van der Waals surface area contributed by atoms with E-state index in [1.807, 2.05) is 6.07 Å². The number of aromatic nitrogens is 1. The van der Waals surface area contributed by atoms with Gasteiger partial charge in [-0.1, -0.05) is 0 Å². The Morgan fingerprint density at radius 2 is 2.47 bits per heavy atom. The summed E-state index contributed by atoms with van der Waals surface area (Å²) in [6, 6.07) is 1.84. The van der Waals surface area contributed by atoms with E-state index in [0.29, 0.717) is 19.6 Å². The van der Waals surface area contributed by atoms with Crippen molar-refractivity contribution < 1.29 is 9.53 Å². The van der Waals surface area contributed by atoms with E-state index in [9.17, 15) is 4.79 Å². The Kier molecular flexibility index (Phi) is 5.10. The molecule has 1 rings (SSSR count). The van der Waals surface area contributed by atoms with Crippen molar-refractivity contribution in [2.24, 2.45) is 0 Å². The lowest BCUT2D eigenvalue weighted by atomic mass is 10.3. The average Bonchev–Trinajstić information content (AvgIpc) is 2.21. The van der Waals surface area contributed by atoms with E-state index in [-0.39, 0.29) is 5.97 Å². The van der Waals surface area contributed by atoms with Crippen LogP contribution >= 0.6 is 15.9 Å². The summed E-state index contributed by atoms with van der Waals surface area (Å²) in [5.41, 5.74) is 0.925. The van der Waals surface area contributed by atoms with Gasteiger partial charge < -0.3 is 10.1 Å². The number of rotatable bonds is 5. The molecule has 15 heavy (non-hydrogen) atoms. The zero-order chi connectivity index (χ0) is 11.1. The number of esters is 1. The van der Waals surface area contributed by atoms with Crippen molar-refractivity contribution >= 4 is 27.6 Å². The van der Waals surface area contributed by atoms with E-state index in [0.717, 1.165) is 10.2 Å². The highest BCUT2D eigenvalue weighted by Gasteiger charge is 2.02. The Bertz CT molecular complexity index is 331. The van der Waals surface area contributed by atoms with Gasteiger partial charge in [0.25, 0.3) is 0 Å². The minimum Gasteiger partial charge on any atom is -0.466 e. The molecule has 1 aromatic heterocycles. The highest BCUT2D eigenvalue weighted by Crippen LogP contribution is 2.19. The Morgan fingerprint density at radius 1 is 1.67 bits per heavy atom. The maximum Gasteiger partial charge on any atom is 0.307 e. The molecule has 0 unspecified atom stereocenters. The fourth-order valence-corrected chi connectivity index (χ4v) is 1.44. The third-order valence-corrected chi connectivity index (χ3v) is 2.35. The first-order valence-electron chi connectivity index (χ1n) is 4.73. The lowest BCUT2D eigenvalue weighted by Crippen LogP contribution is -2.11. The Labute approximate surface area is 97.2 Å². The third kappa shape index (κ3) is 4.29. The van der Waals surface area contributed by atoms with Crippen LogP contribution in [0.15, 0.2) is 22.9 Å². The summed E-state index contributed by atoms with van der Waals surface area (Å²) in [5, 5.41) is 3.11. The van der Waals surface area contributed by atoms with Crippen LogP contribution in [0.1, 0.15) is 13.3 Å². The molecular weight excluding hydrogens is 260 g/mol. The molecule has 1 N–H and O–H groups in total. The molecule has 0 spiro atoms. The molecule has 0 saturated heterocycles. The van der Waals surface area contributed by atoms with Gasteiger partial charge in [0.15, 0.2) is 0 Å². The van der Waals surface area contributed by atoms with Crippen LogP contribution < -0.4 is 5.32 Å². The number of nitrogens with zero attached hydrogens (tertiary/aromatic N) is 1. The van der Waals surface area contributed by atoms with E-state index < -0.39 is 0 Å². The van der Waals surface area contributed by atoms with Gasteiger partial charge in [0.05, 0.1) is 23.2 Å². The second-order valence-corrected chi connectivity index (χ2v) is 3.69. The normalized spacial score (nSPS) is 9.73. The van der Waals surface area contributed by atoms with Crippen molar-refractivity contribution in [3.05, 3.63) is 22.9 Å². The van der Waals surface area contributed by atoms with Gasteiger partial charge in [-0.15, -0.1) is 0 Å². The molecule has 0 aliphatic rings. The van der Waals surface area contributed by atoms with Crippen molar-refractivity contribution in [2.75, 3.05) is 18.5 Å². The maximum absolute atomic E-state index is 11.0. The second-order valence-electron chi connectivity index (χ2n) is 2.84. The zero-order valence-electron chi connectivity index (χ0n) is 8.50. The molecule has 0 fully saturated rings. The zero-order valence-corrected chi connectivity index (χ0v) is 10.1. The lowest BCUT2D eigenvalue weighted by molar-refractivity contribution is -0.142. The van der Waals surface area contributed by atoms with E-state index in [1.165, 1.54) is 0 Å². The Balaban J connectivity index is 2.32. The molecule has 1 aromatic rings. The van der Waals surface area contributed by atoms with Gasteiger partial charge in [-0.3, -0.25) is 9.78 Å². The number of halogens is 1. The van der Waals surface area contributed by atoms with Crippen LogP contribution in [0, 0.1) is 0 Å². The van der Waals surface area contributed by atoms with Crippen molar-refractivity contribution in [1.82, 2.24) is 4.98 Å². The van der Waals surface area contributed by atoms with Gasteiger partial charge in [-0.05, 0) is 28.9 Å². The topological polar surface area (TPSA) is 51.2 Å². The largest absolute Gasteiger partial charge is 0.466 e. The summed E-state index contributed by atoms with van der Waals surface area (Å²) in [4.78, 5) is 15.0. The van der Waals surface area contributed by atoms with Gasteiger partial charge in [-0.2, -0.15) is 0 Å². The number of nitrogens with one attached hydrogen (secondary N) is 1. The van der Waals surface area contributed by atoms with E-state index in [2.05, 4.69) is 26.2 Å². The van der Waals surface area contributed by atoms with Crippen LogP contribution in [0.2, 0.25) is 0 Å². The number of hydrogen-bond donors (Lipinski definition) is 1. The summed E-state index contributed by atoms with van der Waals surface area (Å²) < 4.78 is 5.69. The number of anilines is 1. The van der Waals surface area contributed by atoms with Crippen LogP contribution in [0.25, 0.3) is 0 Å². The highest BCUT2D eigenvalue weighted by molar-refractivity contribution is 9.10. The number of carbonyl (C=O) groups excluding carboxylic acids is 1. The molecule has 0 amide bonds. The molecule has 0 bridgehead atoms. The SMILES string of the molecule is CCOC(=O)CCNc1ccncc1Br. The van der Waals surface area contributed by atoms with Crippen LogP contribution in [0.5, 0.6) is 0 Å². The van der Waals surface area contributed by atoms with Crippen LogP contribution in [0.3, 0.4) is 0 Å². The molecular formula is C10H13BrN2O2. The minimum atomic E-state index is -0.185. The summed E-state index contributed by atoms with van der Waals surface area (Å²) >= 11 is 3.35. The smallest absolute Gasteiger partial charge is 0.307 e. The minimum absolute atomic E-state index is 0.185. The van der Waals surface area contributed by atoms with Crippen molar-refractivity contribution in [2.45, 2.75) is 13.3 Å². The molecule has 0 aliphatic heterocycles. The molecule has 0 aliphatic carbocycles. The lowest BCUT2D eigenvalue weighted by Gasteiger charge is -2.07. The third-order valence-electron chi connectivity index (χ3n) is 1.72. The first-order chi connectivity index (χ1) is 7.24. The summed E-state index contributed by atoms with van der Waals surface area (Å²) in [7, 11) is 0. The molecule has 4 nitrogen and oxygen atoms in total.